The Balaban J connectivity index is 1.91. The summed E-state index contributed by atoms with van der Waals surface area (Å²) in [6.45, 7) is 4.37. The normalized spacial score (nSPS) is 18.4. The van der Waals surface area contributed by atoms with E-state index in [0.717, 1.165) is 32.8 Å². The van der Waals surface area contributed by atoms with E-state index < -0.39 is 0 Å². The summed E-state index contributed by atoms with van der Waals surface area (Å²) in [5.74, 6) is 0. The average molecular weight is 278 g/mol. The van der Waals surface area contributed by atoms with Gasteiger partial charge in [-0.15, -0.1) is 0 Å². The third-order valence-electron chi connectivity index (χ3n) is 3.70. The number of likely N-dealkylation sites (N-methyl/N-ethyl adjacent to an activating group) is 1. The molecule has 0 amide bonds. The minimum Gasteiger partial charge on any atom is -0.383 e. The quantitative estimate of drug-likeness (QED) is 0.738. The van der Waals surface area contributed by atoms with Crippen LogP contribution in [0.4, 0.5) is 5.69 Å². The van der Waals surface area contributed by atoms with E-state index in [1.807, 2.05) is 0 Å². The molecule has 4 nitrogen and oxygen atoms in total. The Morgan fingerprint density at radius 1 is 1.40 bits per heavy atom. The lowest BCUT2D eigenvalue weighted by molar-refractivity contribution is 0.116. The second-order valence-corrected chi connectivity index (χ2v) is 5.31. The molecule has 1 saturated heterocycles. The molecule has 112 valence electrons. The molecule has 4 heteroatoms. The maximum atomic E-state index is 5.72. The zero-order valence-electron chi connectivity index (χ0n) is 12.6. The standard InChI is InChI=1S/C16H26N2O2/c1-18(13-15-7-5-10-20-15)16-8-4-3-6-14(16)12-17-9-11-19-2/h3-4,6,8,15,17H,5,7,9-13H2,1-2H3. The molecule has 20 heavy (non-hydrogen) atoms. The second-order valence-electron chi connectivity index (χ2n) is 5.31. The third-order valence-corrected chi connectivity index (χ3v) is 3.70. The van der Waals surface area contributed by atoms with Gasteiger partial charge in [-0.2, -0.15) is 0 Å². The number of nitrogens with zero attached hydrogens (tertiary/aromatic N) is 1. The van der Waals surface area contributed by atoms with Gasteiger partial charge < -0.3 is 19.7 Å². The Morgan fingerprint density at radius 3 is 3.00 bits per heavy atom. The number of para-hydroxylation sites is 1. The van der Waals surface area contributed by atoms with Gasteiger partial charge in [-0.3, -0.25) is 0 Å². The number of ether oxygens (including phenoxy) is 2. The number of benzene rings is 1. The van der Waals surface area contributed by atoms with E-state index in [1.165, 1.54) is 24.1 Å². The van der Waals surface area contributed by atoms with Crippen molar-refractivity contribution in [3.8, 4) is 0 Å². The van der Waals surface area contributed by atoms with Gasteiger partial charge in [-0.05, 0) is 24.5 Å². The Morgan fingerprint density at radius 2 is 2.25 bits per heavy atom. The van der Waals surface area contributed by atoms with Gasteiger partial charge in [-0.25, -0.2) is 0 Å². The fraction of sp³-hybridized carbons (Fsp3) is 0.625. The largest absolute Gasteiger partial charge is 0.383 e. The van der Waals surface area contributed by atoms with Crippen molar-refractivity contribution in [2.75, 3.05) is 45.4 Å². The Hall–Kier alpha value is -1.10. The molecule has 1 aliphatic rings. The van der Waals surface area contributed by atoms with Gasteiger partial charge in [0.15, 0.2) is 0 Å². The summed E-state index contributed by atoms with van der Waals surface area (Å²) in [4.78, 5) is 2.31. The highest BCUT2D eigenvalue weighted by molar-refractivity contribution is 5.53. The van der Waals surface area contributed by atoms with Crippen LogP contribution >= 0.6 is 0 Å². The summed E-state index contributed by atoms with van der Waals surface area (Å²) in [6.07, 6.45) is 2.76. The summed E-state index contributed by atoms with van der Waals surface area (Å²) < 4.78 is 10.8. The molecule has 1 unspecified atom stereocenters. The van der Waals surface area contributed by atoms with Gasteiger partial charge in [-0.1, -0.05) is 18.2 Å². The number of hydrogen-bond donors (Lipinski definition) is 1. The first-order valence-electron chi connectivity index (χ1n) is 7.41. The van der Waals surface area contributed by atoms with Crippen LogP contribution < -0.4 is 10.2 Å². The number of hydrogen-bond acceptors (Lipinski definition) is 4. The third kappa shape index (κ3) is 4.47. The molecule has 1 heterocycles. The lowest BCUT2D eigenvalue weighted by Gasteiger charge is -2.25. The van der Waals surface area contributed by atoms with Gasteiger partial charge in [0, 0.05) is 46.1 Å². The molecular formula is C16H26N2O2. The van der Waals surface area contributed by atoms with Crippen LogP contribution in [0.15, 0.2) is 24.3 Å². The van der Waals surface area contributed by atoms with Crippen molar-refractivity contribution >= 4 is 5.69 Å². The van der Waals surface area contributed by atoms with Gasteiger partial charge in [0.1, 0.15) is 0 Å². The highest BCUT2D eigenvalue weighted by atomic mass is 16.5. The highest BCUT2D eigenvalue weighted by Gasteiger charge is 2.18. The highest BCUT2D eigenvalue weighted by Crippen LogP contribution is 2.21. The Bertz CT molecular complexity index is 392. The monoisotopic (exact) mass is 278 g/mol. The summed E-state index contributed by atoms with van der Waals surface area (Å²) in [7, 11) is 3.88. The fourth-order valence-electron chi connectivity index (χ4n) is 2.62. The predicted molar refractivity (Wildman–Crippen MR) is 82.3 cm³/mol. The maximum absolute atomic E-state index is 5.72. The average Bonchev–Trinajstić information content (AvgIpc) is 2.97. The van der Waals surface area contributed by atoms with Gasteiger partial charge in [0.2, 0.25) is 0 Å². The molecule has 0 aromatic heterocycles. The Labute approximate surface area is 122 Å². The molecule has 0 spiro atoms. The molecule has 0 bridgehead atoms. The first-order valence-corrected chi connectivity index (χ1v) is 7.41. The number of nitrogens with one attached hydrogen (secondary N) is 1. The summed E-state index contributed by atoms with van der Waals surface area (Å²) in [6, 6.07) is 8.56. The molecule has 2 rings (SSSR count). The summed E-state index contributed by atoms with van der Waals surface area (Å²) in [5, 5.41) is 3.41. The van der Waals surface area contributed by atoms with Crippen molar-refractivity contribution in [3.63, 3.8) is 0 Å². The molecule has 0 saturated carbocycles. The maximum Gasteiger partial charge on any atom is 0.0750 e. The van der Waals surface area contributed by atoms with Crippen LogP contribution in [0.1, 0.15) is 18.4 Å². The van der Waals surface area contributed by atoms with Crippen molar-refractivity contribution in [3.05, 3.63) is 29.8 Å². The van der Waals surface area contributed by atoms with Crippen LogP contribution in [0.3, 0.4) is 0 Å². The van der Waals surface area contributed by atoms with E-state index in [9.17, 15) is 0 Å². The number of methoxy groups -OCH3 is 1. The van der Waals surface area contributed by atoms with Gasteiger partial charge in [0.25, 0.3) is 0 Å². The van der Waals surface area contributed by atoms with Crippen molar-refractivity contribution in [1.82, 2.24) is 5.32 Å². The summed E-state index contributed by atoms with van der Waals surface area (Å²) in [5.41, 5.74) is 2.61. The molecule has 1 aliphatic heterocycles. The first-order chi connectivity index (χ1) is 9.81. The van der Waals surface area contributed by atoms with Crippen LogP contribution in [-0.2, 0) is 16.0 Å². The van der Waals surface area contributed by atoms with Crippen LogP contribution in [0.2, 0.25) is 0 Å². The van der Waals surface area contributed by atoms with Crippen LogP contribution in [0.25, 0.3) is 0 Å². The van der Waals surface area contributed by atoms with Crippen LogP contribution in [0, 0.1) is 0 Å². The van der Waals surface area contributed by atoms with E-state index in [0.29, 0.717) is 6.10 Å². The predicted octanol–water partition coefficient (Wildman–Crippen LogP) is 2.04. The number of anilines is 1. The fourth-order valence-corrected chi connectivity index (χ4v) is 2.62. The van der Waals surface area contributed by atoms with Gasteiger partial charge >= 0.3 is 0 Å². The SMILES string of the molecule is COCCNCc1ccccc1N(C)CC1CCCO1. The minimum atomic E-state index is 0.384. The first kappa shape index (κ1) is 15.3. The lowest BCUT2D eigenvalue weighted by Crippen LogP contribution is -2.30. The van der Waals surface area contributed by atoms with E-state index >= 15 is 0 Å². The number of rotatable bonds is 8. The van der Waals surface area contributed by atoms with E-state index in [4.69, 9.17) is 9.47 Å². The molecule has 0 aliphatic carbocycles. The van der Waals surface area contributed by atoms with Crippen molar-refractivity contribution in [2.24, 2.45) is 0 Å². The lowest BCUT2D eigenvalue weighted by atomic mass is 10.1. The Kier molecular flexibility index (Phi) is 6.30. The smallest absolute Gasteiger partial charge is 0.0750 e. The zero-order valence-corrected chi connectivity index (χ0v) is 12.6. The molecule has 1 aromatic carbocycles. The zero-order chi connectivity index (χ0) is 14.2. The molecule has 1 aromatic rings. The molecule has 1 N–H and O–H groups in total. The van der Waals surface area contributed by atoms with E-state index in [-0.39, 0.29) is 0 Å². The molecule has 1 atom stereocenters. The van der Waals surface area contributed by atoms with Crippen molar-refractivity contribution < 1.29 is 9.47 Å². The minimum absolute atomic E-state index is 0.384. The van der Waals surface area contributed by atoms with E-state index in [2.05, 4.69) is 41.5 Å². The topological polar surface area (TPSA) is 33.7 Å². The molecule has 1 fully saturated rings. The van der Waals surface area contributed by atoms with Gasteiger partial charge in [0.05, 0.1) is 12.7 Å². The van der Waals surface area contributed by atoms with Crippen molar-refractivity contribution in [2.45, 2.75) is 25.5 Å². The second kappa shape index (κ2) is 8.25. The van der Waals surface area contributed by atoms with Crippen LogP contribution in [0.5, 0.6) is 0 Å². The van der Waals surface area contributed by atoms with Crippen LogP contribution in [-0.4, -0.2) is 46.6 Å². The van der Waals surface area contributed by atoms with Crippen molar-refractivity contribution in [1.29, 1.82) is 0 Å². The molecular weight excluding hydrogens is 252 g/mol. The molecule has 0 radical (unpaired) electrons. The summed E-state index contributed by atoms with van der Waals surface area (Å²) >= 11 is 0. The van der Waals surface area contributed by atoms with E-state index in [1.54, 1.807) is 7.11 Å².